The van der Waals surface area contributed by atoms with E-state index in [1.165, 1.54) is 0 Å². The van der Waals surface area contributed by atoms with Gasteiger partial charge in [0.15, 0.2) is 5.84 Å². The fourth-order valence-electron chi connectivity index (χ4n) is 2.96. The Balaban J connectivity index is 1.67. The van der Waals surface area contributed by atoms with Crippen molar-refractivity contribution in [1.82, 2.24) is 4.90 Å². The van der Waals surface area contributed by atoms with Crippen molar-refractivity contribution in [2.45, 2.75) is 23.3 Å². The van der Waals surface area contributed by atoms with Crippen LogP contribution in [0.3, 0.4) is 0 Å². The third-order valence-corrected chi connectivity index (χ3v) is 5.50. The minimum atomic E-state index is -3.55. The Morgan fingerprint density at radius 2 is 1.95 bits per heavy atom. The summed E-state index contributed by atoms with van der Waals surface area (Å²) >= 11 is 0. The molecule has 0 amide bonds. The van der Waals surface area contributed by atoms with Gasteiger partial charge in [-0.1, -0.05) is 12.1 Å². The number of benzene rings is 1. The highest BCUT2D eigenvalue weighted by atomic mass is 32.2. The highest BCUT2D eigenvalue weighted by Crippen LogP contribution is 2.45. The second-order valence-corrected chi connectivity index (χ2v) is 7.19. The Bertz CT molecular complexity index is 686. The van der Waals surface area contributed by atoms with E-state index in [-0.39, 0.29) is 4.90 Å². The molecule has 6 heteroatoms. The lowest BCUT2D eigenvalue weighted by molar-refractivity contribution is -0.0825. The maximum atomic E-state index is 11.9. The van der Waals surface area contributed by atoms with Crippen LogP contribution < -0.4 is 0 Å². The molecule has 1 N–H and O–H groups in total. The molecule has 3 aliphatic rings. The summed E-state index contributed by atoms with van der Waals surface area (Å²) in [5, 5.41) is 10.3. The molecular formula is C13H14N2O3S. The fourth-order valence-corrected chi connectivity index (χ4v) is 4.19. The van der Waals surface area contributed by atoms with Gasteiger partial charge in [-0.3, -0.25) is 0 Å². The van der Waals surface area contributed by atoms with E-state index < -0.39 is 15.6 Å². The van der Waals surface area contributed by atoms with E-state index >= 15 is 0 Å². The molecule has 2 heterocycles. The zero-order valence-corrected chi connectivity index (χ0v) is 11.1. The van der Waals surface area contributed by atoms with Crippen molar-refractivity contribution in [3.05, 3.63) is 29.8 Å². The van der Waals surface area contributed by atoms with E-state index in [4.69, 9.17) is 0 Å². The number of rotatable bonds is 1. The molecule has 4 rings (SSSR count). The van der Waals surface area contributed by atoms with E-state index in [9.17, 15) is 13.5 Å². The van der Waals surface area contributed by atoms with Gasteiger partial charge in [0, 0.05) is 5.56 Å². The molecule has 0 radical (unpaired) electrons. The van der Waals surface area contributed by atoms with Crippen LogP contribution in [0.25, 0.3) is 0 Å². The lowest BCUT2D eigenvalue weighted by atomic mass is 9.88. The summed E-state index contributed by atoms with van der Waals surface area (Å²) in [6.45, 7) is 0.973. The van der Waals surface area contributed by atoms with Gasteiger partial charge in [0.2, 0.25) is 0 Å². The average Bonchev–Trinajstić information content (AvgIpc) is 3.13. The van der Waals surface area contributed by atoms with E-state index in [0.29, 0.717) is 30.4 Å². The molecule has 2 fully saturated rings. The van der Waals surface area contributed by atoms with Gasteiger partial charge in [-0.2, -0.15) is 8.42 Å². The van der Waals surface area contributed by atoms with Crippen molar-refractivity contribution in [3.63, 3.8) is 0 Å². The average molecular weight is 278 g/mol. The normalized spacial score (nSPS) is 26.6. The number of hydrogen-bond acceptors (Lipinski definition) is 4. The van der Waals surface area contributed by atoms with Crippen molar-refractivity contribution >= 4 is 15.9 Å². The Labute approximate surface area is 111 Å². The quantitative estimate of drug-likeness (QED) is 0.816. The highest BCUT2D eigenvalue weighted by molar-refractivity contribution is 7.90. The van der Waals surface area contributed by atoms with Gasteiger partial charge in [0.05, 0.1) is 13.1 Å². The molecule has 1 saturated heterocycles. The van der Waals surface area contributed by atoms with Gasteiger partial charge in [-0.25, -0.2) is 0 Å². The van der Waals surface area contributed by atoms with Crippen molar-refractivity contribution in [2.24, 2.45) is 10.3 Å². The van der Waals surface area contributed by atoms with Crippen LogP contribution in [-0.2, 0) is 10.0 Å². The Hall–Kier alpha value is -1.40. The van der Waals surface area contributed by atoms with Gasteiger partial charge < -0.3 is 10.0 Å². The predicted molar refractivity (Wildman–Crippen MR) is 69.4 cm³/mol. The van der Waals surface area contributed by atoms with Gasteiger partial charge in [0.25, 0.3) is 10.0 Å². The van der Waals surface area contributed by atoms with Crippen molar-refractivity contribution in [3.8, 4) is 0 Å². The molecule has 0 unspecified atom stereocenters. The van der Waals surface area contributed by atoms with Crippen molar-refractivity contribution in [1.29, 1.82) is 0 Å². The molecule has 19 heavy (non-hydrogen) atoms. The molecule has 5 nitrogen and oxygen atoms in total. The van der Waals surface area contributed by atoms with Gasteiger partial charge in [0.1, 0.15) is 10.5 Å². The molecule has 1 aromatic rings. The third-order valence-electron chi connectivity index (χ3n) is 4.18. The minimum absolute atomic E-state index is 0.270. The second-order valence-electron chi connectivity index (χ2n) is 5.62. The first-order valence-electron chi connectivity index (χ1n) is 6.41. The Morgan fingerprint density at radius 3 is 2.63 bits per heavy atom. The lowest BCUT2D eigenvalue weighted by Gasteiger charge is -2.48. The van der Waals surface area contributed by atoms with Crippen molar-refractivity contribution < 1.29 is 13.5 Å². The van der Waals surface area contributed by atoms with E-state index in [1.54, 1.807) is 18.2 Å². The molecule has 0 spiro atoms. The number of hydrogen-bond donors (Lipinski definition) is 1. The Morgan fingerprint density at radius 1 is 1.26 bits per heavy atom. The SMILES string of the molecule is O=S1(=O)N=C(N2CC(O)(C3CC3)C2)c2ccccc21. The van der Waals surface area contributed by atoms with Gasteiger partial charge in [-0.15, -0.1) is 4.40 Å². The zero-order valence-electron chi connectivity index (χ0n) is 10.3. The van der Waals surface area contributed by atoms with Gasteiger partial charge in [-0.05, 0) is 30.9 Å². The maximum Gasteiger partial charge on any atom is 0.285 e. The lowest BCUT2D eigenvalue weighted by Crippen LogP contribution is -2.64. The summed E-state index contributed by atoms with van der Waals surface area (Å²) in [5.74, 6) is 0.874. The number of sulfonamides is 1. The summed E-state index contributed by atoms with van der Waals surface area (Å²) in [7, 11) is -3.55. The summed E-state index contributed by atoms with van der Waals surface area (Å²) < 4.78 is 27.7. The smallest absolute Gasteiger partial charge is 0.285 e. The topological polar surface area (TPSA) is 70.0 Å². The monoisotopic (exact) mass is 278 g/mol. The standard InChI is InChI=1S/C13H14N2O3S/c16-13(9-5-6-9)7-15(8-13)12-10-3-1-2-4-11(10)19(17,18)14-12/h1-4,9,16H,5-8H2. The predicted octanol–water partition coefficient (Wildman–Crippen LogP) is 0.592. The summed E-state index contributed by atoms with van der Waals surface area (Å²) in [5.41, 5.74) is 0.0180. The van der Waals surface area contributed by atoms with E-state index in [1.807, 2.05) is 11.0 Å². The fraction of sp³-hybridized carbons (Fsp3) is 0.462. The third kappa shape index (κ3) is 1.56. The first-order valence-corrected chi connectivity index (χ1v) is 7.85. The molecule has 0 aromatic heterocycles. The van der Waals surface area contributed by atoms with Crippen LogP contribution in [-0.4, -0.2) is 43.0 Å². The number of nitrogens with zero attached hydrogens (tertiary/aromatic N) is 2. The highest BCUT2D eigenvalue weighted by Gasteiger charge is 2.53. The molecule has 1 saturated carbocycles. The molecule has 1 aliphatic carbocycles. The summed E-state index contributed by atoms with van der Waals surface area (Å²) in [6, 6.07) is 6.86. The van der Waals surface area contributed by atoms with Gasteiger partial charge >= 0.3 is 0 Å². The largest absolute Gasteiger partial charge is 0.386 e. The molecule has 1 aromatic carbocycles. The summed E-state index contributed by atoms with van der Waals surface area (Å²) in [4.78, 5) is 2.13. The van der Waals surface area contributed by atoms with Crippen LogP contribution in [0, 0.1) is 5.92 Å². The van der Waals surface area contributed by atoms with Crippen molar-refractivity contribution in [2.75, 3.05) is 13.1 Å². The zero-order chi connectivity index (χ0) is 13.3. The molecule has 0 bridgehead atoms. The number of fused-ring (bicyclic) bond motifs is 1. The first-order chi connectivity index (χ1) is 9.00. The molecule has 100 valence electrons. The number of amidine groups is 1. The van der Waals surface area contributed by atoms with Crippen LogP contribution >= 0.6 is 0 Å². The molecule has 0 atom stereocenters. The molecular weight excluding hydrogens is 264 g/mol. The van der Waals surface area contributed by atoms with Crippen LogP contribution in [0.2, 0.25) is 0 Å². The number of likely N-dealkylation sites (tertiary alicyclic amines) is 1. The van der Waals surface area contributed by atoms with Crippen LogP contribution in [0.1, 0.15) is 18.4 Å². The Kier molecular flexibility index (Phi) is 2.03. The number of β-amino-alcohol motifs (C(OH)–C–C–N with tert-alkyl or cyclic N) is 1. The van der Waals surface area contributed by atoms with Crippen LogP contribution in [0.4, 0.5) is 0 Å². The first kappa shape index (κ1) is 11.4. The molecule has 2 aliphatic heterocycles. The van der Waals surface area contributed by atoms with E-state index in [2.05, 4.69) is 4.40 Å². The van der Waals surface area contributed by atoms with Crippen LogP contribution in [0.15, 0.2) is 33.6 Å². The minimum Gasteiger partial charge on any atom is -0.386 e. The maximum absolute atomic E-state index is 11.9. The number of aliphatic hydroxyl groups is 1. The second kappa shape index (κ2) is 3.37. The summed E-state index contributed by atoms with van der Waals surface area (Å²) in [6.07, 6.45) is 2.15. The van der Waals surface area contributed by atoms with E-state index in [0.717, 1.165) is 12.8 Å². The van der Waals surface area contributed by atoms with Crippen LogP contribution in [0.5, 0.6) is 0 Å².